The molecule has 0 unspecified atom stereocenters. The summed E-state index contributed by atoms with van der Waals surface area (Å²) in [5, 5.41) is 11.0. The van der Waals surface area contributed by atoms with Gasteiger partial charge in [0, 0.05) is 48.6 Å². The summed E-state index contributed by atoms with van der Waals surface area (Å²) in [6.45, 7) is 1.75. The predicted octanol–water partition coefficient (Wildman–Crippen LogP) is 3.42. The Morgan fingerprint density at radius 1 is 0.931 bits per heavy atom. The van der Waals surface area contributed by atoms with E-state index in [1.165, 1.54) is 18.2 Å². The highest BCUT2D eigenvalue weighted by molar-refractivity contribution is 8.00. The molecule has 2 aliphatic rings. The van der Waals surface area contributed by atoms with E-state index in [2.05, 4.69) is 0 Å². The molecule has 2 amide bonds. The van der Waals surface area contributed by atoms with E-state index in [-0.39, 0.29) is 22.4 Å². The lowest BCUT2D eigenvalue weighted by Gasteiger charge is -2.44. The fourth-order valence-electron chi connectivity index (χ4n) is 4.04. The number of piperidine rings is 1. The lowest BCUT2D eigenvalue weighted by atomic mass is 10.00. The largest absolute Gasteiger partial charge is 0.338 e. The number of rotatable bonds is 3. The zero-order chi connectivity index (χ0) is 20.4. The molecule has 0 radical (unpaired) electrons. The Kier molecular flexibility index (Phi) is 5.27. The Bertz CT molecular complexity index is 942. The molecule has 0 atom stereocenters. The Balaban J connectivity index is 1.47. The fraction of sp³-hybridized carbons (Fsp3) is 0.333. The summed E-state index contributed by atoms with van der Waals surface area (Å²) < 4.78 is 0. The van der Waals surface area contributed by atoms with Gasteiger partial charge in [0.15, 0.2) is 0 Å². The molecular weight excluding hydrogens is 390 g/mol. The molecule has 2 aliphatic heterocycles. The Morgan fingerprint density at radius 3 is 2.31 bits per heavy atom. The molecule has 2 saturated heterocycles. The molecule has 2 fully saturated rings. The maximum atomic E-state index is 13.0. The van der Waals surface area contributed by atoms with Crippen LogP contribution in [0, 0.1) is 10.1 Å². The maximum Gasteiger partial charge on any atom is 0.270 e. The van der Waals surface area contributed by atoms with Crippen LogP contribution in [0.3, 0.4) is 0 Å². The number of non-ortho nitro benzene ring substituents is 1. The minimum atomic E-state index is -0.496. The molecule has 2 heterocycles. The summed E-state index contributed by atoms with van der Waals surface area (Å²) >= 11 is 1.79. The van der Waals surface area contributed by atoms with Gasteiger partial charge in [-0.15, -0.1) is 11.8 Å². The van der Waals surface area contributed by atoms with Crippen LogP contribution in [0.5, 0.6) is 0 Å². The number of hydrogen-bond acceptors (Lipinski definition) is 5. The third-order valence-corrected chi connectivity index (χ3v) is 7.13. The third-order valence-electron chi connectivity index (χ3n) is 5.58. The van der Waals surface area contributed by atoms with Gasteiger partial charge in [-0.05, 0) is 31.0 Å². The lowest BCUT2D eigenvalue weighted by molar-refractivity contribution is -0.384. The summed E-state index contributed by atoms with van der Waals surface area (Å²) in [5.74, 6) is 0.721. The first-order valence-corrected chi connectivity index (χ1v) is 10.5. The van der Waals surface area contributed by atoms with Crippen LogP contribution < -0.4 is 0 Å². The van der Waals surface area contributed by atoms with Gasteiger partial charge in [-0.2, -0.15) is 0 Å². The molecule has 0 N–H and O–H groups in total. The van der Waals surface area contributed by atoms with Crippen LogP contribution in [-0.4, -0.2) is 56.8 Å². The van der Waals surface area contributed by atoms with Gasteiger partial charge in [0.25, 0.3) is 17.5 Å². The van der Waals surface area contributed by atoms with Crippen LogP contribution in [0.25, 0.3) is 0 Å². The molecular formula is C21H21N3O4S. The van der Waals surface area contributed by atoms with Gasteiger partial charge >= 0.3 is 0 Å². The number of carbonyl (C=O) groups is 2. The molecule has 2 aromatic rings. The summed E-state index contributed by atoms with van der Waals surface area (Å²) in [6, 6.07) is 15.1. The molecule has 0 aromatic heterocycles. The van der Waals surface area contributed by atoms with E-state index in [0.29, 0.717) is 43.6 Å². The number of nitro benzene ring substituents is 1. The van der Waals surface area contributed by atoms with Gasteiger partial charge in [-0.1, -0.05) is 24.3 Å². The monoisotopic (exact) mass is 411 g/mol. The van der Waals surface area contributed by atoms with E-state index in [9.17, 15) is 19.7 Å². The highest BCUT2D eigenvalue weighted by Gasteiger charge is 2.47. The second-order valence-corrected chi connectivity index (χ2v) is 8.67. The van der Waals surface area contributed by atoms with Crippen molar-refractivity contribution in [3.63, 3.8) is 0 Å². The normalized spacial score (nSPS) is 18.1. The summed E-state index contributed by atoms with van der Waals surface area (Å²) in [5.41, 5.74) is 0.922. The first-order valence-electron chi connectivity index (χ1n) is 9.55. The van der Waals surface area contributed by atoms with Crippen LogP contribution in [0.4, 0.5) is 5.69 Å². The Hall–Kier alpha value is -2.87. The van der Waals surface area contributed by atoms with Gasteiger partial charge < -0.3 is 9.80 Å². The number of nitrogens with zero attached hydrogens (tertiary/aromatic N) is 3. The van der Waals surface area contributed by atoms with Gasteiger partial charge in [0.2, 0.25) is 0 Å². The van der Waals surface area contributed by atoms with Crippen molar-refractivity contribution >= 4 is 29.3 Å². The van der Waals surface area contributed by atoms with E-state index in [1.807, 2.05) is 35.2 Å². The molecule has 1 spiro atoms. The predicted molar refractivity (Wildman–Crippen MR) is 111 cm³/mol. The number of thioether (sulfide) groups is 1. The first-order chi connectivity index (χ1) is 14.0. The molecule has 150 valence electrons. The van der Waals surface area contributed by atoms with E-state index >= 15 is 0 Å². The van der Waals surface area contributed by atoms with Crippen molar-refractivity contribution in [1.29, 1.82) is 0 Å². The smallest absolute Gasteiger partial charge is 0.270 e. The van der Waals surface area contributed by atoms with Gasteiger partial charge in [0.1, 0.15) is 0 Å². The molecule has 4 rings (SSSR count). The highest BCUT2D eigenvalue weighted by Crippen LogP contribution is 2.44. The third kappa shape index (κ3) is 3.72. The summed E-state index contributed by atoms with van der Waals surface area (Å²) in [7, 11) is 0. The van der Waals surface area contributed by atoms with Crippen LogP contribution in [0.2, 0.25) is 0 Å². The van der Waals surface area contributed by atoms with Crippen molar-refractivity contribution in [1.82, 2.24) is 9.80 Å². The van der Waals surface area contributed by atoms with Crippen molar-refractivity contribution in [2.75, 3.05) is 25.4 Å². The Morgan fingerprint density at radius 2 is 1.62 bits per heavy atom. The quantitative estimate of drug-likeness (QED) is 0.571. The molecule has 0 bridgehead atoms. The average molecular weight is 411 g/mol. The molecule has 8 heteroatoms. The second-order valence-electron chi connectivity index (χ2n) is 7.22. The summed E-state index contributed by atoms with van der Waals surface area (Å²) in [4.78, 5) is 39.7. The van der Waals surface area contributed by atoms with Gasteiger partial charge in [-0.25, -0.2) is 0 Å². The molecule has 0 aliphatic carbocycles. The SMILES string of the molecule is O=C(c1cccc([N+](=O)[O-])c1)N1CCC2(CC1)SCCN2C(=O)c1ccccc1. The number of likely N-dealkylation sites (tertiary alicyclic amines) is 1. The lowest BCUT2D eigenvalue weighted by Crippen LogP contribution is -2.53. The second kappa shape index (κ2) is 7.87. The summed E-state index contributed by atoms with van der Waals surface area (Å²) in [6.07, 6.45) is 1.38. The number of benzene rings is 2. The highest BCUT2D eigenvalue weighted by atomic mass is 32.2. The van der Waals surface area contributed by atoms with Crippen molar-refractivity contribution in [2.45, 2.75) is 17.7 Å². The van der Waals surface area contributed by atoms with Gasteiger partial charge in [0.05, 0.1) is 9.79 Å². The molecule has 2 aromatic carbocycles. The minimum absolute atomic E-state index is 0.0362. The zero-order valence-corrected chi connectivity index (χ0v) is 16.6. The number of carbonyl (C=O) groups excluding carboxylic acids is 2. The number of amides is 2. The number of nitro groups is 1. The first kappa shape index (κ1) is 19.4. The van der Waals surface area contributed by atoms with E-state index in [0.717, 1.165) is 5.75 Å². The fourth-order valence-corrected chi connectivity index (χ4v) is 5.50. The Labute approximate surface area is 172 Å². The van der Waals surface area contributed by atoms with E-state index in [4.69, 9.17) is 0 Å². The minimum Gasteiger partial charge on any atom is -0.338 e. The van der Waals surface area contributed by atoms with Crippen molar-refractivity contribution in [3.8, 4) is 0 Å². The number of hydrogen-bond donors (Lipinski definition) is 0. The van der Waals surface area contributed by atoms with Crippen LogP contribution in [0.1, 0.15) is 33.6 Å². The van der Waals surface area contributed by atoms with Crippen molar-refractivity contribution < 1.29 is 14.5 Å². The van der Waals surface area contributed by atoms with Crippen LogP contribution in [-0.2, 0) is 0 Å². The molecule has 0 saturated carbocycles. The van der Waals surface area contributed by atoms with Crippen molar-refractivity contribution in [2.24, 2.45) is 0 Å². The van der Waals surface area contributed by atoms with Crippen LogP contribution in [0.15, 0.2) is 54.6 Å². The maximum absolute atomic E-state index is 13.0. The standard InChI is InChI=1S/C21H21N3O4S/c25-19(17-7-4-8-18(15-17)24(27)28)22-11-9-21(10-12-22)23(13-14-29-21)20(26)16-5-2-1-3-6-16/h1-8,15H,9-14H2. The zero-order valence-electron chi connectivity index (χ0n) is 15.8. The molecule has 7 nitrogen and oxygen atoms in total. The average Bonchev–Trinajstić information content (AvgIpc) is 3.16. The van der Waals surface area contributed by atoms with Crippen molar-refractivity contribution in [3.05, 3.63) is 75.8 Å². The van der Waals surface area contributed by atoms with Crippen LogP contribution >= 0.6 is 11.8 Å². The topological polar surface area (TPSA) is 83.8 Å². The van der Waals surface area contributed by atoms with Gasteiger partial charge in [-0.3, -0.25) is 19.7 Å². The molecule has 29 heavy (non-hydrogen) atoms. The van der Waals surface area contributed by atoms with E-state index in [1.54, 1.807) is 22.7 Å². The van der Waals surface area contributed by atoms with E-state index < -0.39 is 4.92 Å².